The van der Waals surface area contributed by atoms with E-state index in [0.717, 1.165) is 5.56 Å². The number of hydrogen-bond donors (Lipinski definition) is 0. The molecule has 0 saturated heterocycles. The number of carbonyl (C=O) groups excluding carboxylic acids is 1. The zero-order chi connectivity index (χ0) is 22.7. The quantitative estimate of drug-likeness (QED) is 0.329. The number of benzene rings is 3. The third kappa shape index (κ3) is 4.35. The van der Waals surface area contributed by atoms with Crippen molar-refractivity contribution in [1.82, 2.24) is 20.2 Å². The summed E-state index contributed by atoms with van der Waals surface area (Å²) in [5.74, 6) is -0.368. The summed E-state index contributed by atoms with van der Waals surface area (Å²) < 4.78 is 34.1. The Labute approximate surface area is 184 Å². The molecule has 1 aromatic heterocycles. The molecule has 3 aromatic carbocycles. The Bertz CT molecular complexity index is 1340. The highest BCUT2D eigenvalue weighted by Crippen LogP contribution is 2.24. The maximum absolute atomic E-state index is 13.1. The molecule has 4 aromatic rings. The fourth-order valence-electron chi connectivity index (χ4n) is 2.95. The molecule has 0 unspecified atom stereocenters. The van der Waals surface area contributed by atoms with Gasteiger partial charge in [0, 0.05) is 7.05 Å². The van der Waals surface area contributed by atoms with E-state index in [4.69, 9.17) is 4.74 Å². The van der Waals surface area contributed by atoms with Crippen molar-refractivity contribution in [2.24, 2.45) is 0 Å². The second kappa shape index (κ2) is 8.60. The predicted octanol–water partition coefficient (Wildman–Crippen LogP) is 3.02. The number of rotatable bonds is 6. The molecular formula is C22H19N5O4S. The Morgan fingerprint density at radius 1 is 1.00 bits per heavy atom. The molecule has 0 fully saturated rings. The average Bonchev–Trinajstić information content (AvgIpc) is 3.35. The number of tetrazole rings is 1. The SMILES string of the molecule is Cc1ccc(N(C)S(=O)(=O)c2cccc(C(=O)Oc3ccc(-n4cnnn4)cc3)c2)cc1. The van der Waals surface area contributed by atoms with Crippen molar-refractivity contribution in [2.75, 3.05) is 11.4 Å². The first kappa shape index (κ1) is 21.2. The number of esters is 1. The van der Waals surface area contributed by atoms with Gasteiger partial charge >= 0.3 is 5.97 Å². The van der Waals surface area contributed by atoms with E-state index in [1.807, 2.05) is 19.1 Å². The van der Waals surface area contributed by atoms with Crippen LogP contribution in [0.2, 0.25) is 0 Å². The van der Waals surface area contributed by atoms with Crippen LogP contribution in [0.25, 0.3) is 5.69 Å². The molecule has 0 aliphatic carbocycles. The van der Waals surface area contributed by atoms with E-state index >= 15 is 0 Å². The Morgan fingerprint density at radius 2 is 1.72 bits per heavy atom. The number of ether oxygens (including phenoxy) is 1. The van der Waals surface area contributed by atoms with Gasteiger partial charge in [-0.3, -0.25) is 4.31 Å². The molecule has 0 spiro atoms. The molecule has 9 nitrogen and oxygen atoms in total. The van der Waals surface area contributed by atoms with Gasteiger partial charge in [0.25, 0.3) is 10.0 Å². The monoisotopic (exact) mass is 449 g/mol. The van der Waals surface area contributed by atoms with Gasteiger partial charge in [-0.15, -0.1) is 5.10 Å². The van der Waals surface area contributed by atoms with Crippen molar-refractivity contribution in [3.05, 3.63) is 90.3 Å². The standard InChI is InChI=1S/C22H19N5O4S/c1-16-6-8-18(9-7-16)26(2)32(29,30)21-5-3-4-17(14-21)22(28)31-20-12-10-19(11-13-20)27-15-23-24-25-27/h3-15H,1-2H3. The minimum atomic E-state index is -3.86. The normalized spacial score (nSPS) is 11.2. The summed E-state index contributed by atoms with van der Waals surface area (Å²) in [6.45, 7) is 1.92. The highest BCUT2D eigenvalue weighted by atomic mass is 32.2. The van der Waals surface area contributed by atoms with E-state index in [0.29, 0.717) is 17.1 Å². The van der Waals surface area contributed by atoms with Crippen molar-refractivity contribution >= 4 is 21.7 Å². The number of aryl methyl sites for hydroxylation is 1. The molecule has 0 N–H and O–H groups in total. The second-order valence-electron chi connectivity index (χ2n) is 6.97. The highest BCUT2D eigenvalue weighted by molar-refractivity contribution is 7.92. The number of sulfonamides is 1. The molecule has 0 atom stereocenters. The van der Waals surface area contributed by atoms with Gasteiger partial charge in [-0.1, -0.05) is 23.8 Å². The van der Waals surface area contributed by atoms with E-state index in [1.165, 1.54) is 46.6 Å². The Hall–Kier alpha value is -4.05. The molecule has 10 heteroatoms. The fourth-order valence-corrected chi connectivity index (χ4v) is 4.19. The molecule has 0 saturated carbocycles. The van der Waals surface area contributed by atoms with E-state index in [1.54, 1.807) is 36.4 Å². The largest absolute Gasteiger partial charge is 0.423 e. The van der Waals surface area contributed by atoms with Crippen molar-refractivity contribution in [3.8, 4) is 11.4 Å². The number of carbonyl (C=O) groups is 1. The van der Waals surface area contributed by atoms with Crippen LogP contribution in [0.3, 0.4) is 0 Å². The van der Waals surface area contributed by atoms with Crippen LogP contribution in [0.4, 0.5) is 5.69 Å². The fraction of sp³-hybridized carbons (Fsp3) is 0.0909. The lowest BCUT2D eigenvalue weighted by molar-refractivity contribution is 0.0734. The molecule has 0 aliphatic heterocycles. The Kier molecular flexibility index (Phi) is 5.69. The third-order valence-corrected chi connectivity index (χ3v) is 6.57. The summed E-state index contributed by atoms with van der Waals surface area (Å²) in [7, 11) is -2.39. The average molecular weight is 449 g/mol. The van der Waals surface area contributed by atoms with Crippen LogP contribution in [0.1, 0.15) is 15.9 Å². The lowest BCUT2D eigenvalue weighted by atomic mass is 10.2. The molecule has 0 aliphatic rings. The summed E-state index contributed by atoms with van der Waals surface area (Å²) >= 11 is 0. The van der Waals surface area contributed by atoms with Gasteiger partial charge in [-0.05, 0) is 71.9 Å². The summed E-state index contributed by atoms with van der Waals surface area (Å²) in [5, 5.41) is 10.9. The van der Waals surface area contributed by atoms with Gasteiger partial charge in [0.05, 0.1) is 21.8 Å². The summed E-state index contributed by atoms with van der Waals surface area (Å²) in [5.41, 5.74) is 2.36. The van der Waals surface area contributed by atoms with E-state index in [9.17, 15) is 13.2 Å². The number of nitrogens with zero attached hydrogens (tertiary/aromatic N) is 5. The Morgan fingerprint density at radius 3 is 2.38 bits per heavy atom. The molecule has 4 rings (SSSR count). The number of anilines is 1. The maximum Gasteiger partial charge on any atom is 0.343 e. The first-order valence-corrected chi connectivity index (χ1v) is 11.0. The van der Waals surface area contributed by atoms with Crippen molar-refractivity contribution < 1.29 is 17.9 Å². The van der Waals surface area contributed by atoms with Crippen molar-refractivity contribution in [3.63, 3.8) is 0 Å². The highest BCUT2D eigenvalue weighted by Gasteiger charge is 2.23. The van der Waals surface area contributed by atoms with Gasteiger partial charge in [-0.2, -0.15) is 0 Å². The Balaban J connectivity index is 1.53. The first-order chi connectivity index (χ1) is 15.3. The smallest absolute Gasteiger partial charge is 0.343 e. The zero-order valence-electron chi connectivity index (χ0n) is 17.3. The lowest BCUT2D eigenvalue weighted by Gasteiger charge is -2.20. The number of hydrogen-bond acceptors (Lipinski definition) is 7. The van der Waals surface area contributed by atoms with Gasteiger partial charge in [-0.25, -0.2) is 17.9 Å². The molecule has 162 valence electrons. The lowest BCUT2D eigenvalue weighted by Crippen LogP contribution is -2.26. The molecule has 32 heavy (non-hydrogen) atoms. The minimum Gasteiger partial charge on any atom is -0.423 e. The van der Waals surface area contributed by atoms with Gasteiger partial charge < -0.3 is 4.74 Å². The van der Waals surface area contributed by atoms with Gasteiger partial charge in [0.2, 0.25) is 0 Å². The van der Waals surface area contributed by atoms with Crippen LogP contribution < -0.4 is 9.04 Å². The molecular weight excluding hydrogens is 430 g/mol. The van der Waals surface area contributed by atoms with Crippen molar-refractivity contribution in [1.29, 1.82) is 0 Å². The summed E-state index contributed by atoms with van der Waals surface area (Å²) in [6.07, 6.45) is 1.45. The van der Waals surface area contributed by atoms with E-state index < -0.39 is 16.0 Å². The predicted molar refractivity (Wildman–Crippen MR) is 117 cm³/mol. The van der Waals surface area contributed by atoms with Crippen LogP contribution >= 0.6 is 0 Å². The number of aromatic nitrogens is 4. The molecule has 0 bridgehead atoms. The minimum absolute atomic E-state index is 0.0101. The van der Waals surface area contributed by atoms with E-state index in [-0.39, 0.29) is 10.5 Å². The van der Waals surface area contributed by atoms with Crippen LogP contribution in [0.15, 0.2) is 84.0 Å². The van der Waals surface area contributed by atoms with Crippen LogP contribution in [-0.4, -0.2) is 41.6 Å². The summed E-state index contributed by atoms with van der Waals surface area (Å²) in [4.78, 5) is 12.6. The van der Waals surface area contributed by atoms with Gasteiger partial charge in [0.1, 0.15) is 12.1 Å². The van der Waals surface area contributed by atoms with Crippen LogP contribution in [0, 0.1) is 6.92 Å². The molecule has 0 amide bonds. The van der Waals surface area contributed by atoms with Crippen molar-refractivity contribution in [2.45, 2.75) is 11.8 Å². The van der Waals surface area contributed by atoms with Crippen LogP contribution in [-0.2, 0) is 10.0 Å². The topological polar surface area (TPSA) is 107 Å². The van der Waals surface area contributed by atoms with E-state index in [2.05, 4.69) is 15.5 Å². The molecule has 1 heterocycles. The summed E-state index contributed by atoms with van der Waals surface area (Å²) in [6, 6.07) is 19.5. The molecule has 0 radical (unpaired) electrons. The van der Waals surface area contributed by atoms with Crippen LogP contribution in [0.5, 0.6) is 5.75 Å². The second-order valence-corrected chi connectivity index (χ2v) is 8.94. The van der Waals surface area contributed by atoms with Gasteiger partial charge in [0.15, 0.2) is 0 Å². The maximum atomic E-state index is 13.1. The first-order valence-electron chi connectivity index (χ1n) is 9.56. The zero-order valence-corrected chi connectivity index (χ0v) is 18.1. The third-order valence-electron chi connectivity index (χ3n) is 4.79.